The summed E-state index contributed by atoms with van der Waals surface area (Å²) in [5, 5.41) is 8.71. The van der Waals surface area contributed by atoms with Crippen molar-refractivity contribution in [1.82, 2.24) is 0 Å². The van der Waals surface area contributed by atoms with Gasteiger partial charge in [-0.1, -0.05) is 0 Å². The molecule has 0 saturated heterocycles. The Hall–Kier alpha value is -1.68. The quantitative estimate of drug-likeness (QED) is 0.710. The van der Waals surface area contributed by atoms with Gasteiger partial charge < -0.3 is 10.0 Å². The number of nitrogens with zero attached hydrogens (tertiary/aromatic N) is 1. The standard InChI is InChI=1S/C11H11NO3/c1-12-9-3-2-7(10(14)6-13)4-8(9)5-11(12)15/h2-4,13H,5-6H2,1H3. The predicted molar refractivity (Wildman–Crippen MR) is 55.0 cm³/mol. The number of rotatable bonds is 2. The highest BCUT2D eigenvalue weighted by molar-refractivity contribution is 6.03. The number of hydrogen-bond donors (Lipinski definition) is 1. The van der Waals surface area contributed by atoms with Gasteiger partial charge in [-0.2, -0.15) is 0 Å². The molecule has 2 rings (SSSR count). The molecule has 1 N–H and O–H groups in total. The second-order valence-corrected chi connectivity index (χ2v) is 3.55. The zero-order valence-electron chi connectivity index (χ0n) is 8.36. The average molecular weight is 205 g/mol. The van der Waals surface area contributed by atoms with E-state index in [1.165, 1.54) is 0 Å². The van der Waals surface area contributed by atoms with Gasteiger partial charge in [-0.3, -0.25) is 9.59 Å². The van der Waals surface area contributed by atoms with Crippen LogP contribution in [0.3, 0.4) is 0 Å². The zero-order valence-corrected chi connectivity index (χ0v) is 8.36. The van der Waals surface area contributed by atoms with Gasteiger partial charge in [0.2, 0.25) is 5.91 Å². The SMILES string of the molecule is CN1C(=O)Cc2cc(C(=O)CO)ccc21. The van der Waals surface area contributed by atoms with E-state index in [0.29, 0.717) is 12.0 Å². The molecular weight excluding hydrogens is 194 g/mol. The average Bonchev–Trinajstić information content (AvgIpc) is 2.53. The number of carbonyl (C=O) groups is 2. The van der Waals surface area contributed by atoms with E-state index in [1.54, 1.807) is 30.1 Å². The van der Waals surface area contributed by atoms with Gasteiger partial charge in [0.05, 0.1) is 6.42 Å². The summed E-state index contributed by atoms with van der Waals surface area (Å²) in [6.07, 6.45) is 0.332. The van der Waals surface area contributed by atoms with Crippen LogP contribution in [0.25, 0.3) is 0 Å². The molecule has 1 aliphatic heterocycles. The van der Waals surface area contributed by atoms with Crippen LogP contribution in [-0.2, 0) is 11.2 Å². The third-order valence-electron chi connectivity index (χ3n) is 2.62. The van der Waals surface area contributed by atoms with E-state index in [1.807, 2.05) is 0 Å². The van der Waals surface area contributed by atoms with Gasteiger partial charge >= 0.3 is 0 Å². The number of anilines is 1. The topological polar surface area (TPSA) is 57.6 Å². The molecule has 0 unspecified atom stereocenters. The third-order valence-corrected chi connectivity index (χ3v) is 2.62. The van der Waals surface area contributed by atoms with Crippen LogP contribution in [-0.4, -0.2) is 30.5 Å². The van der Waals surface area contributed by atoms with Crippen molar-refractivity contribution < 1.29 is 14.7 Å². The minimum Gasteiger partial charge on any atom is -0.388 e. The number of carbonyl (C=O) groups excluding carboxylic acids is 2. The van der Waals surface area contributed by atoms with Crippen LogP contribution in [0.15, 0.2) is 18.2 Å². The van der Waals surface area contributed by atoms with Gasteiger partial charge in [-0.15, -0.1) is 0 Å². The predicted octanol–water partition coefficient (Wildman–Crippen LogP) is 0.380. The summed E-state index contributed by atoms with van der Waals surface area (Å²) in [5.74, 6) is -0.293. The lowest BCUT2D eigenvalue weighted by Gasteiger charge is -2.09. The highest BCUT2D eigenvalue weighted by Gasteiger charge is 2.24. The Morgan fingerprint density at radius 1 is 1.53 bits per heavy atom. The molecule has 1 aromatic carbocycles. The fourth-order valence-corrected chi connectivity index (χ4v) is 1.73. The Morgan fingerprint density at radius 2 is 2.27 bits per heavy atom. The normalized spacial score (nSPS) is 14.3. The van der Waals surface area contributed by atoms with E-state index in [-0.39, 0.29) is 11.7 Å². The van der Waals surface area contributed by atoms with Crippen LogP contribution in [0.1, 0.15) is 15.9 Å². The van der Waals surface area contributed by atoms with Crippen LogP contribution < -0.4 is 4.90 Å². The van der Waals surface area contributed by atoms with Crippen molar-refractivity contribution in [2.24, 2.45) is 0 Å². The van der Waals surface area contributed by atoms with Crippen molar-refractivity contribution in [1.29, 1.82) is 0 Å². The minimum absolute atomic E-state index is 0.0265. The summed E-state index contributed by atoms with van der Waals surface area (Å²) in [6.45, 7) is -0.497. The maximum Gasteiger partial charge on any atom is 0.231 e. The number of ketones is 1. The lowest BCUT2D eigenvalue weighted by Crippen LogP contribution is -2.20. The second kappa shape index (κ2) is 3.47. The first-order valence-corrected chi connectivity index (χ1v) is 4.67. The Labute approximate surface area is 87.1 Å². The smallest absolute Gasteiger partial charge is 0.231 e. The first kappa shape index (κ1) is 9.86. The molecule has 0 aromatic heterocycles. The molecule has 1 heterocycles. The third kappa shape index (κ3) is 1.53. The van der Waals surface area contributed by atoms with Crippen molar-refractivity contribution >= 4 is 17.4 Å². The fraction of sp³-hybridized carbons (Fsp3) is 0.273. The van der Waals surface area contributed by atoms with Crippen LogP contribution in [0.2, 0.25) is 0 Å². The molecule has 0 spiro atoms. The van der Waals surface area contributed by atoms with Crippen molar-refractivity contribution in [3.8, 4) is 0 Å². The number of aliphatic hydroxyl groups is 1. The van der Waals surface area contributed by atoms with Crippen molar-refractivity contribution in [3.63, 3.8) is 0 Å². The Kier molecular flexibility index (Phi) is 2.28. The number of Topliss-reactive ketones (excluding diaryl/α,β-unsaturated/α-hetero) is 1. The summed E-state index contributed by atoms with van der Waals surface area (Å²) in [5.41, 5.74) is 2.15. The Balaban J connectivity index is 2.42. The van der Waals surface area contributed by atoms with Crippen molar-refractivity contribution in [2.45, 2.75) is 6.42 Å². The molecule has 0 saturated carbocycles. The summed E-state index contributed by atoms with van der Waals surface area (Å²) in [6, 6.07) is 5.05. The molecule has 4 heteroatoms. The van der Waals surface area contributed by atoms with E-state index in [0.717, 1.165) is 11.3 Å². The van der Waals surface area contributed by atoms with E-state index in [9.17, 15) is 9.59 Å². The lowest BCUT2D eigenvalue weighted by atomic mass is 10.1. The van der Waals surface area contributed by atoms with E-state index >= 15 is 0 Å². The minimum atomic E-state index is -0.497. The number of hydrogen-bond acceptors (Lipinski definition) is 3. The summed E-state index contributed by atoms with van der Waals surface area (Å²) < 4.78 is 0. The van der Waals surface area contributed by atoms with Crippen LogP contribution in [0, 0.1) is 0 Å². The molecule has 0 atom stereocenters. The molecular formula is C11H11NO3. The molecule has 0 aliphatic carbocycles. The number of fused-ring (bicyclic) bond motifs is 1. The van der Waals surface area contributed by atoms with Crippen LogP contribution in [0.4, 0.5) is 5.69 Å². The van der Waals surface area contributed by atoms with Crippen LogP contribution in [0.5, 0.6) is 0 Å². The monoisotopic (exact) mass is 205 g/mol. The Bertz CT molecular complexity index is 439. The molecule has 0 radical (unpaired) electrons. The molecule has 0 fully saturated rings. The van der Waals surface area contributed by atoms with Gasteiger partial charge in [-0.25, -0.2) is 0 Å². The van der Waals surface area contributed by atoms with E-state index in [4.69, 9.17) is 5.11 Å². The molecule has 1 aromatic rings. The molecule has 1 amide bonds. The zero-order chi connectivity index (χ0) is 11.0. The molecule has 15 heavy (non-hydrogen) atoms. The first-order valence-electron chi connectivity index (χ1n) is 4.67. The summed E-state index contributed by atoms with van der Waals surface area (Å²) >= 11 is 0. The first-order chi connectivity index (χ1) is 7.13. The molecule has 1 aliphatic rings. The molecule has 0 bridgehead atoms. The maximum atomic E-state index is 11.4. The van der Waals surface area contributed by atoms with Gasteiger partial charge in [0.1, 0.15) is 6.61 Å². The van der Waals surface area contributed by atoms with Gasteiger partial charge in [0, 0.05) is 18.3 Å². The number of benzene rings is 1. The van der Waals surface area contributed by atoms with E-state index in [2.05, 4.69) is 0 Å². The molecule has 4 nitrogen and oxygen atoms in total. The van der Waals surface area contributed by atoms with Crippen molar-refractivity contribution in [3.05, 3.63) is 29.3 Å². The van der Waals surface area contributed by atoms with Gasteiger partial charge in [0.25, 0.3) is 0 Å². The Morgan fingerprint density at radius 3 is 2.93 bits per heavy atom. The number of aliphatic hydroxyl groups excluding tert-OH is 1. The number of amides is 1. The van der Waals surface area contributed by atoms with Crippen LogP contribution >= 0.6 is 0 Å². The van der Waals surface area contributed by atoms with Gasteiger partial charge in [0.15, 0.2) is 5.78 Å². The van der Waals surface area contributed by atoms with Crippen molar-refractivity contribution in [2.75, 3.05) is 18.6 Å². The van der Waals surface area contributed by atoms with Gasteiger partial charge in [-0.05, 0) is 23.8 Å². The summed E-state index contributed by atoms with van der Waals surface area (Å²) in [4.78, 5) is 24.2. The largest absolute Gasteiger partial charge is 0.388 e. The maximum absolute atomic E-state index is 11.4. The summed E-state index contributed by atoms with van der Waals surface area (Å²) in [7, 11) is 1.71. The highest BCUT2D eigenvalue weighted by Crippen LogP contribution is 2.28. The van der Waals surface area contributed by atoms with E-state index < -0.39 is 6.61 Å². The number of likely N-dealkylation sites (N-methyl/N-ethyl adjacent to an activating group) is 1. The fourth-order valence-electron chi connectivity index (χ4n) is 1.73. The lowest BCUT2D eigenvalue weighted by molar-refractivity contribution is -0.117. The highest BCUT2D eigenvalue weighted by atomic mass is 16.3. The second-order valence-electron chi connectivity index (χ2n) is 3.55. The molecule has 78 valence electrons.